The molecule has 2 fully saturated rings. The van der Waals surface area contributed by atoms with Crippen LogP contribution < -0.4 is 5.32 Å². The molecule has 110 valence electrons. The third-order valence-electron chi connectivity index (χ3n) is 5.25. The zero-order valence-corrected chi connectivity index (χ0v) is 12.9. The minimum atomic E-state index is 0.562. The Bertz CT molecular complexity index is 416. The summed E-state index contributed by atoms with van der Waals surface area (Å²) in [6, 6.07) is 12.4. The molecule has 0 amide bonds. The second-order valence-electron chi connectivity index (χ2n) is 7.26. The first-order valence-corrected chi connectivity index (χ1v) is 8.17. The second kappa shape index (κ2) is 5.87. The van der Waals surface area contributed by atoms with E-state index in [2.05, 4.69) is 54.4 Å². The lowest BCUT2D eigenvalue weighted by Gasteiger charge is -2.46. The molecule has 3 rings (SSSR count). The Hall–Kier alpha value is -0.860. The molecule has 2 heteroatoms. The van der Waals surface area contributed by atoms with Gasteiger partial charge in [0.25, 0.3) is 0 Å². The van der Waals surface area contributed by atoms with Gasteiger partial charge in [-0.2, -0.15) is 0 Å². The standard InChI is InChI=1S/C18H28N2/c1-18(2)10-8-16(9-11-18)20-13-12-19-14-17(20)15-6-4-3-5-7-15/h3-7,16-17,19H,8-14H2,1-2H3. The van der Waals surface area contributed by atoms with Gasteiger partial charge in [0.15, 0.2) is 0 Å². The zero-order chi connectivity index (χ0) is 14.0. The van der Waals surface area contributed by atoms with Crippen molar-refractivity contribution in [2.45, 2.75) is 51.6 Å². The molecule has 20 heavy (non-hydrogen) atoms. The van der Waals surface area contributed by atoms with Crippen molar-refractivity contribution >= 4 is 0 Å². The predicted octanol–water partition coefficient (Wildman–Crippen LogP) is 3.60. The zero-order valence-electron chi connectivity index (χ0n) is 12.9. The Balaban J connectivity index is 1.73. The van der Waals surface area contributed by atoms with Crippen LogP contribution in [0.25, 0.3) is 0 Å². The normalized spacial score (nSPS) is 28.4. The minimum absolute atomic E-state index is 0.562. The number of piperazine rings is 1. The summed E-state index contributed by atoms with van der Waals surface area (Å²) in [6.07, 6.45) is 5.50. The summed E-state index contributed by atoms with van der Waals surface area (Å²) in [7, 11) is 0. The van der Waals surface area contributed by atoms with Crippen LogP contribution in [0.1, 0.15) is 51.1 Å². The molecular weight excluding hydrogens is 244 g/mol. The van der Waals surface area contributed by atoms with Crippen LogP contribution in [0.2, 0.25) is 0 Å². The van der Waals surface area contributed by atoms with Gasteiger partial charge in [0.05, 0.1) is 0 Å². The topological polar surface area (TPSA) is 15.3 Å². The van der Waals surface area contributed by atoms with Crippen molar-refractivity contribution in [1.82, 2.24) is 10.2 Å². The number of hydrogen-bond donors (Lipinski definition) is 1. The van der Waals surface area contributed by atoms with Crippen LogP contribution in [0.15, 0.2) is 30.3 Å². The Morgan fingerprint density at radius 1 is 1.10 bits per heavy atom. The predicted molar refractivity (Wildman–Crippen MR) is 84.8 cm³/mol. The van der Waals surface area contributed by atoms with Gasteiger partial charge in [-0.1, -0.05) is 44.2 Å². The van der Waals surface area contributed by atoms with E-state index in [4.69, 9.17) is 0 Å². The number of nitrogens with zero attached hydrogens (tertiary/aromatic N) is 1. The van der Waals surface area contributed by atoms with E-state index < -0.39 is 0 Å². The van der Waals surface area contributed by atoms with E-state index in [9.17, 15) is 0 Å². The fourth-order valence-corrected chi connectivity index (χ4v) is 3.86. The summed E-state index contributed by atoms with van der Waals surface area (Å²) in [5, 5.41) is 3.58. The van der Waals surface area contributed by atoms with Crippen molar-refractivity contribution in [3.05, 3.63) is 35.9 Å². The summed E-state index contributed by atoms with van der Waals surface area (Å²) in [6.45, 7) is 8.29. The molecule has 0 aromatic heterocycles. The Labute approximate surface area is 123 Å². The average molecular weight is 272 g/mol. The lowest BCUT2D eigenvalue weighted by atomic mass is 9.75. The van der Waals surface area contributed by atoms with E-state index >= 15 is 0 Å². The maximum Gasteiger partial charge on any atom is 0.0476 e. The maximum atomic E-state index is 3.58. The molecule has 1 heterocycles. The highest BCUT2D eigenvalue weighted by Gasteiger charge is 2.34. The van der Waals surface area contributed by atoms with Gasteiger partial charge in [0.1, 0.15) is 0 Å². The van der Waals surface area contributed by atoms with Crippen molar-refractivity contribution in [3.63, 3.8) is 0 Å². The quantitative estimate of drug-likeness (QED) is 0.885. The molecule has 1 aromatic rings. The van der Waals surface area contributed by atoms with Crippen LogP contribution in [0, 0.1) is 5.41 Å². The molecule has 1 N–H and O–H groups in total. The van der Waals surface area contributed by atoms with Crippen molar-refractivity contribution in [3.8, 4) is 0 Å². The number of nitrogens with one attached hydrogen (secondary N) is 1. The van der Waals surface area contributed by atoms with Gasteiger partial charge in [-0.3, -0.25) is 4.90 Å². The molecule has 2 aliphatic rings. The first-order valence-electron chi connectivity index (χ1n) is 8.17. The number of rotatable bonds is 2. The summed E-state index contributed by atoms with van der Waals surface area (Å²) >= 11 is 0. The van der Waals surface area contributed by atoms with Crippen LogP contribution in [0.4, 0.5) is 0 Å². The molecular formula is C18H28N2. The molecule has 0 radical (unpaired) electrons. The molecule has 1 aromatic carbocycles. The van der Waals surface area contributed by atoms with Gasteiger partial charge in [-0.05, 0) is 36.7 Å². The Morgan fingerprint density at radius 2 is 1.80 bits per heavy atom. The molecule has 1 atom stereocenters. The van der Waals surface area contributed by atoms with Gasteiger partial charge in [-0.15, -0.1) is 0 Å². The molecule has 1 saturated carbocycles. The summed E-state index contributed by atoms with van der Waals surface area (Å²) in [5.74, 6) is 0. The van der Waals surface area contributed by atoms with Gasteiger partial charge in [0.2, 0.25) is 0 Å². The van der Waals surface area contributed by atoms with Crippen LogP contribution >= 0.6 is 0 Å². The lowest BCUT2D eigenvalue weighted by Crippen LogP contribution is -2.51. The number of benzene rings is 1. The van der Waals surface area contributed by atoms with Crippen LogP contribution in [0.3, 0.4) is 0 Å². The van der Waals surface area contributed by atoms with Crippen molar-refractivity contribution in [2.24, 2.45) is 5.41 Å². The highest BCUT2D eigenvalue weighted by molar-refractivity contribution is 5.20. The van der Waals surface area contributed by atoms with E-state index in [1.165, 1.54) is 37.8 Å². The van der Waals surface area contributed by atoms with Crippen LogP contribution in [0.5, 0.6) is 0 Å². The fourth-order valence-electron chi connectivity index (χ4n) is 3.86. The van der Waals surface area contributed by atoms with E-state index in [0.29, 0.717) is 11.5 Å². The van der Waals surface area contributed by atoms with Gasteiger partial charge in [-0.25, -0.2) is 0 Å². The van der Waals surface area contributed by atoms with Crippen molar-refractivity contribution in [2.75, 3.05) is 19.6 Å². The second-order valence-corrected chi connectivity index (χ2v) is 7.26. The third kappa shape index (κ3) is 3.07. The van der Waals surface area contributed by atoms with E-state index in [0.717, 1.165) is 19.1 Å². The van der Waals surface area contributed by atoms with Crippen molar-refractivity contribution < 1.29 is 0 Å². The smallest absolute Gasteiger partial charge is 0.0476 e. The highest BCUT2D eigenvalue weighted by atomic mass is 15.2. The highest BCUT2D eigenvalue weighted by Crippen LogP contribution is 2.39. The van der Waals surface area contributed by atoms with E-state index in [1.54, 1.807) is 0 Å². The van der Waals surface area contributed by atoms with E-state index in [1.807, 2.05) is 0 Å². The summed E-state index contributed by atoms with van der Waals surface area (Å²) in [4.78, 5) is 2.78. The number of hydrogen-bond acceptors (Lipinski definition) is 2. The van der Waals surface area contributed by atoms with Gasteiger partial charge >= 0.3 is 0 Å². The molecule has 1 saturated heterocycles. The van der Waals surface area contributed by atoms with E-state index in [-0.39, 0.29) is 0 Å². The minimum Gasteiger partial charge on any atom is -0.314 e. The summed E-state index contributed by atoms with van der Waals surface area (Å²) in [5.41, 5.74) is 2.04. The Morgan fingerprint density at radius 3 is 2.50 bits per heavy atom. The van der Waals surface area contributed by atoms with Gasteiger partial charge < -0.3 is 5.32 Å². The SMILES string of the molecule is CC1(C)CCC(N2CCNCC2c2ccccc2)CC1. The monoisotopic (exact) mass is 272 g/mol. The average Bonchev–Trinajstić information content (AvgIpc) is 2.48. The largest absolute Gasteiger partial charge is 0.314 e. The molecule has 1 unspecified atom stereocenters. The molecule has 1 aliphatic carbocycles. The molecule has 1 aliphatic heterocycles. The Kier molecular flexibility index (Phi) is 4.13. The third-order valence-corrected chi connectivity index (χ3v) is 5.25. The van der Waals surface area contributed by atoms with Gasteiger partial charge in [0, 0.05) is 31.7 Å². The lowest BCUT2D eigenvalue weighted by molar-refractivity contribution is 0.0551. The van der Waals surface area contributed by atoms with Crippen molar-refractivity contribution in [1.29, 1.82) is 0 Å². The first kappa shape index (κ1) is 14.1. The molecule has 0 bridgehead atoms. The summed E-state index contributed by atoms with van der Waals surface area (Å²) < 4.78 is 0. The molecule has 2 nitrogen and oxygen atoms in total. The van der Waals surface area contributed by atoms with Crippen LogP contribution in [-0.4, -0.2) is 30.6 Å². The fraction of sp³-hybridized carbons (Fsp3) is 0.667. The maximum absolute atomic E-state index is 3.58. The van der Waals surface area contributed by atoms with Crippen LogP contribution in [-0.2, 0) is 0 Å². The first-order chi connectivity index (χ1) is 9.66. The molecule has 0 spiro atoms.